The molecule has 2 N–H and O–H groups in total. The van der Waals surface area contributed by atoms with Gasteiger partial charge < -0.3 is 10.5 Å². The summed E-state index contributed by atoms with van der Waals surface area (Å²) < 4.78 is 5.90. The van der Waals surface area contributed by atoms with E-state index in [9.17, 15) is 0 Å². The minimum atomic E-state index is 0.642. The van der Waals surface area contributed by atoms with Crippen molar-refractivity contribution in [1.82, 2.24) is 0 Å². The fourth-order valence-electron chi connectivity index (χ4n) is 1.93. The highest BCUT2D eigenvalue weighted by molar-refractivity contribution is 6.30. The minimum absolute atomic E-state index is 0.642. The first-order valence-corrected chi connectivity index (χ1v) is 6.16. The Bertz CT molecular complexity index is 570. The van der Waals surface area contributed by atoms with Crippen LogP contribution in [-0.4, -0.2) is 0 Å². The smallest absolute Gasteiger partial charge is 0.150 e. The summed E-state index contributed by atoms with van der Waals surface area (Å²) in [4.78, 5) is 0. The number of hydrogen-bond donors (Lipinski definition) is 1. The molecule has 0 atom stereocenters. The molecule has 0 aliphatic rings. The van der Waals surface area contributed by atoms with Crippen molar-refractivity contribution in [2.75, 3.05) is 5.73 Å². The first-order valence-electron chi connectivity index (χ1n) is 5.78. The van der Waals surface area contributed by atoms with Gasteiger partial charge in [-0.3, -0.25) is 0 Å². The SMILES string of the molecule is Cc1ccc(Oc2c(C)cc(Cl)cc2C)c(N)c1. The number of hydrogen-bond acceptors (Lipinski definition) is 2. The largest absolute Gasteiger partial charge is 0.455 e. The van der Waals surface area contributed by atoms with Crippen molar-refractivity contribution in [2.24, 2.45) is 0 Å². The van der Waals surface area contributed by atoms with Crippen LogP contribution in [0.5, 0.6) is 11.5 Å². The highest BCUT2D eigenvalue weighted by Gasteiger charge is 2.09. The number of ether oxygens (including phenoxy) is 1. The van der Waals surface area contributed by atoms with E-state index < -0.39 is 0 Å². The van der Waals surface area contributed by atoms with Crippen LogP contribution >= 0.6 is 11.6 Å². The molecule has 0 heterocycles. The molecule has 0 fully saturated rings. The van der Waals surface area contributed by atoms with E-state index in [-0.39, 0.29) is 0 Å². The number of aryl methyl sites for hydroxylation is 3. The Hall–Kier alpha value is -1.67. The van der Waals surface area contributed by atoms with Crippen molar-refractivity contribution in [3.8, 4) is 11.5 Å². The molecule has 2 nitrogen and oxygen atoms in total. The number of benzene rings is 2. The van der Waals surface area contributed by atoms with Gasteiger partial charge in [0.05, 0.1) is 5.69 Å². The quantitative estimate of drug-likeness (QED) is 0.800. The van der Waals surface area contributed by atoms with E-state index in [0.717, 1.165) is 22.4 Å². The van der Waals surface area contributed by atoms with Gasteiger partial charge in [0.15, 0.2) is 0 Å². The number of nitrogen functional groups attached to an aromatic ring is 1. The molecule has 94 valence electrons. The fraction of sp³-hybridized carbons (Fsp3) is 0.200. The second-order valence-electron chi connectivity index (χ2n) is 4.51. The molecule has 0 unspecified atom stereocenters. The van der Waals surface area contributed by atoms with Crippen LogP contribution in [0.25, 0.3) is 0 Å². The molecule has 0 aromatic heterocycles. The molecular weight excluding hydrogens is 246 g/mol. The van der Waals surface area contributed by atoms with E-state index >= 15 is 0 Å². The van der Waals surface area contributed by atoms with Crippen LogP contribution in [0.15, 0.2) is 30.3 Å². The average molecular weight is 262 g/mol. The number of halogens is 1. The molecule has 2 aromatic rings. The molecule has 0 spiro atoms. The minimum Gasteiger partial charge on any atom is -0.455 e. The van der Waals surface area contributed by atoms with Crippen LogP contribution in [0.2, 0.25) is 5.02 Å². The summed E-state index contributed by atoms with van der Waals surface area (Å²) in [5.74, 6) is 1.49. The molecule has 0 amide bonds. The Kier molecular flexibility index (Phi) is 3.48. The summed E-state index contributed by atoms with van der Waals surface area (Å²) in [7, 11) is 0. The van der Waals surface area contributed by atoms with Gasteiger partial charge in [-0.25, -0.2) is 0 Å². The average Bonchev–Trinajstić information content (AvgIpc) is 2.25. The zero-order chi connectivity index (χ0) is 13.3. The van der Waals surface area contributed by atoms with Gasteiger partial charge in [-0.05, 0) is 61.7 Å². The molecule has 0 aliphatic carbocycles. The Morgan fingerprint density at radius 2 is 1.61 bits per heavy atom. The predicted octanol–water partition coefficient (Wildman–Crippen LogP) is 4.64. The lowest BCUT2D eigenvalue weighted by molar-refractivity contribution is 0.477. The number of nitrogens with two attached hydrogens (primary N) is 1. The van der Waals surface area contributed by atoms with Crippen molar-refractivity contribution >= 4 is 17.3 Å². The first kappa shape index (κ1) is 12.8. The summed E-state index contributed by atoms with van der Waals surface area (Å²) in [6, 6.07) is 9.53. The van der Waals surface area contributed by atoms with Crippen LogP contribution in [-0.2, 0) is 0 Å². The maximum absolute atomic E-state index is 6.00. The maximum Gasteiger partial charge on any atom is 0.150 e. The summed E-state index contributed by atoms with van der Waals surface area (Å²) in [5.41, 5.74) is 9.71. The van der Waals surface area contributed by atoms with E-state index in [4.69, 9.17) is 22.1 Å². The van der Waals surface area contributed by atoms with Gasteiger partial charge in [-0.2, -0.15) is 0 Å². The van der Waals surface area contributed by atoms with Gasteiger partial charge in [0.1, 0.15) is 11.5 Å². The van der Waals surface area contributed by atoms with Crippen molar-refractivity contribution in [2.45, 2.75) is 20.8 Å². The molecule has 2 rings (SSSR count). The van der Waals surface area contributed by atoms with E-state index in [1.54, 1.807) is 0 Å². The van der Waals surface area contributed by atoms with Crippen LogP contribution < -0.4 is 10.5 Å². The second kappa shape index (κ2) is 4.91. The molecule has 0 saturated carbocycles. The lowest BCUT2D eigenvalue weighted by atomic mass is 10.1. The molecule has 0 bridgehead atoms. The standard InChI is InChI=1S/C15H16ClNO/c1-9-4-5-14(13(17)6-9)18-15-10(2)7-12(16)8-11(15)3/h4-8H,17H2,1-3H3. The maximum atomic E-state index is 6.00. The van der Waals surface area contributed by atoms with Gasteiger partial charge in [-0.15, -0.1) is 0 Å². The Morgan fingerprint density at radius 1 is 1.00 bits per heavy atom. The lowest BCUT2D eigenvalue weighted by Crippen LogP contribution is -1.96. The van der Waals surface area contributed by atoms with Gasteiger partial charge in [0.2, 0.25) is 0 Å². The molecule has 2 aromatic carbocycles. The molecule has 0 radical (unpaired) electrons. The third-order valence-electron chi connectivity index (χ3n) is 2.80. The van der Waals surface area contributed by atoms with Crippen LogP contribution in [0.1, 0.15) is 16.7 Å². The van der Waals surface area contributed by atoms with Crippen LogP contribution in [0.3, 0.4) is 0 Å². The highest BCUT2D eigenvalue weighted by atomic mass is 35.5. The molecule has 0 saturated heterocycles. The van der Waals surface area contributed by atoms with E-state index in [0.29, 0.717) is 16.5 Å². The zero-order valence-corrected chi connectivity index (χ0v) is 11.5. The fourth-order valence-corrected chi connectivity index (χ4v) is 2.26. The Morgan fingerprint density at radius 3 is 2.17 bits per heavy atom. The zero-order valence-electron chi connectivity index (χ0n) is 10.8. The predicted molar refractivity (Wildman–Crippen MR) is 76.6 cm³/mol. The van der Waals surface area contributed by atoms with Gasteiger partial charge in [0, 0.05) is 5.02 Å². The Labute approximate surface area is 112 Å². The monoisotopic (exact) mass is 261 g/mol. The van der Waals surface area contributed by atoms with Crippen LogP contribution in [0, 0.1) is 20.8 Å². The van der Waals surface area contributed by atoms with Crippen molar-refractivity contribution < 1.29 is 4.74 Å². The third-order valence-corrected chi connectivity index (χ3v) is 3.02. The molecule has 3 heteroatoms. The number of anilines is 1. The topological polar surface area (TPSA) is 35.2 Å². The summed E-state index contributed by atoms with van der Waals surface area (Å²) >= 11 is 6.00. The summed E-state index contributed by atoms with van der Waals surface area (Å²) in [5, 5.41) is 0.717. The van der Waals surface area contributed by atoms with E-state index in [1.165, 1.54) is 0 Å². The summed E-state index contributed by atoms with van der Waals surface area (Å²) in [6.07, 6.45) is 0. The molecular formula is C15H16ClNO. The molecule has 18 heavy (non-hydrogen) atoms. The van der Waals surface area contributed by atoms with E-state index in [2.05, 4.69) is 0 Å². The third kappa shape index (κ3) is 2.59. The lowest BCUT2D eigenvalue weighted by Gasteiger charge is -2.14. The summed E-state index contributed by atoms with van der Waals surface area (Å²) in [6.45, 7) is 5.94. The highest BCUT2D eigenvalue weighted by Crippen LogP contribution is 2.34. The van der Waals surface area contributed by atoms with Gasteiger partial charge in [-0.1, -0.05) is 17.7 Å². The number of rotatable bonds is 2. The van der Waals surface area contributed by atoms with Crippen molar-refractivity contribution in [1.29, 1.82) is 0 Å². The van der Waals surface area contributed by atoms with Crippen molar-refractivity contribution in [3.63, 3.8) is 0 Å². The van der Waals surface area contributed by atoms with E-state index in [1.807, 2.05) is 51.1 Å². The second-order valence-corrected chi connectivity index (χ2v) is 4.95. The first-order chi connectivity index (χ1) is 8.47. The van der Waals surface area contributed by atoms with Crippen LogP contribution in [0.4, 0.5) is 5.69 Å². The van der Waals surface area contributed by atoms with Gasteiger partial charge >= 0.3 is 0 Å². The normalized spacial score (nSPS) is 10.4. The van der Waals surface area contributed by atoms with Crippen molar-refractivity contribution in [3.05, 3.63) is 52.0 Å². The van der Waals surface area contributed by atoms with Gasteiger partial charge in [0.25, 0.3) is 0 Å². The molecule has 0 aliphatic heterocycles. The Balaban J connectivity index is 2.40.